The number of rotatable bonds is 2. The highest BCUT2D eigenvalue weighted by atomic mass is 16.5. The Bertz CT molecular complexity index is 435. The van der Waals surface area contributed by atoms with Gasteiger partial charge in [-0.05, 0) is 18.2 Å². The summed E-state index contributed by atoms with van der Waals surface area (Å²) in [4.78, 5) is 0. The Morgan fingerprint density at radius 2 is 2.27 bits per heavy atom. The monoisotopic (exact) mass is 201 g/mol. The first kappa shape index (κ1) is 11.1. The number of aliphatic hydroxyl groups is 1. The molecule has 0 aliphatic heterocycles. The van der Waals surface area contributed by atoms with Gasteiger partial charge < -0.3 is 9.84 Å². The zero-order chi connectivity index (χ0) is 11.1. The van der Waals surface area contributed by atoms with E-state index in [1.54, 1.807) is 18.2 Å². The maximum atomic E-state index is 8.83. The second-order valence-electron chi connectivity index (χ2n) is 2.80. The quantitative estimate of drug-likeness (QED) is 0.734. The fraction of sp³-hybridized carbons (Fsp3) is 0.250. The van der Waals surface area contributed by atoms with Gasteiger partial charge in [0.15, 0.2) is 0 Å². The average molecular weight is 201 g/mol. The Morgan fingerprint density at radius 3 is 2.87 bits per heavy atom. The van der Waals surface area contributed by atoms with E-state index in [1.807, 2.05) is 6.07 Å². The lowest BCUT2D eigenvalue weighted by Gasteiger charge is -2.01. The standard InChI is InChI=1S/C12H11NO2/c1-15-12-6-5-10(4-2-3-7-14)8-11(12)9-13/h5-6,8,14H,3,7H2,1H3. The number of benzene rings is 1. The zero-order valence-electron chi connectivity index (χ0n) is 8.45. The van der Waals surface area contributed by atoms with Crippen molar-refractivity contribution in [2.24, 2.45) is 0 Å². The van der Waals surface area contributed by atoms with Gasteiger partial charge in [-0.15, -0.1) is 0 Å². The Labute approximate surface area is 88.9 Å². The number of aliphatic hydroxyl groups excluding tert-OH is 1. The summed E-state index contributed by atoms with van der Waals surface area (Å²) in [5.74, 6) is 6.19. The zero-order valence-corrected chi connectivity index (χ0v) is 8.45. The van der Waals surface area contributed by atoms with E-state index in [0.29, 0.717) is 17.7 Å². The van der Waals surface area contributed by atoms with Gasteiger partial charge >= 0.3 is 0 Å². The minimum Gasteiger partial charge on any atom is -0.495 e. The Kier molecular flexibility index (Phi) is 4.22. The summed E-state index contributed by atoms with van der Waals surface area (Å²) in [6, 6.07) is 7.20. The van der Waals surface area contributed by atoms with Crippen molar-refractivity contribution in [2.75, 3.05) is 13.7 Å². The smallest absolute Gasteiger partial charge is 0.136 e. The van der Waals surface area contributed by atoms with Crippen LogP contribution in [0.2, 0.25) is 0 Å². The molecule has 0 spiro atoms. The molecule has 0 bridgehead atoms. The summed E-state index contributed by atoms with van der Waals surface area (Å²) in [6.45, 7) is 0.0499. The van der Waals surface area contributed by atoms with Gasteiger partial charge in [-0.25, -0.2) is 0 Å². The van der Waals surface area contributed by atoms with E-state index in [9.17, 15) is 0 Å². The summed E-state index contributed by atoms with van der Waals surface area (Å²) < 4.78 is 5.01. The van der Waals surface area contributed by atoms with Crippen molar-refractivity contribution >= 4 is 0 Å². The van der Waals surface area contributed by atoms with Crippen molar-refractivity contribution in [1.29, 1.82) is 5.26 Å². The average Bonchev–Trinajstić information content (AvgIpc) is 2.29. The minimum absolute atomic E-state index is 0.0499. The van der Waals surface area contributed by atoms with Crippen LogP contribution in [0.3, 0.4) is 0 Å². The lowest BCUT2D eigenvalue weighted by atomic mass is 10.1. The van der Waals surface area contributed by atoms with Crippen LogP contribution in [0.4, 0.5) is 0 Å². The lowest BCUT2D eigenvalue weighted by Crippen LogP contribution is -1.88. The molecule has 0 unspecified atom stereocenters. The normalized spacial score (nSPS) is 8.60. The van der Waals surface area contributed by atoms with E-state index in [0.717, 1.165) is 5.56 Å². The molecule has 0 saturated carbocycles. The van der Waals surface area contributed by atoms with E-state index >= 15 is 0 Å². The largest absolute Gasteiger partial charge is 0.495 e. The van der Waals surface area contributed by atoms with Gasteiger partial charge in [0, 0.05) is 12.0 Å². The fourth-order valence-electron chi connectivity index (χ4n) is 1.09. The summed E-state index contributed by atoms with van der Waals surface area (Å²) in [5.41, 5.74) is 1.22. The van der Waals surface area contributed by atoms with Crippen LogP contribution in [0.15, 0.2) is 18.2 Å². The molecule has 15 heavy (non-hydrogen) atoms. The van der Waals surface area contributed by atoms with Gasteiger partial charge in [0.05, 0.1) is 19.3 Å². The van der Waals surface area contributed by atoms with Crippen molar-refractivity contribution in [1.82, 2.24) is 0 Å². The molecule has 0 amide bonds. The first-order valence-corrected chi connectivity index (χ1v) is 4.49. The van der Waals surface area contributed by atoms with Crippen molar-refractivity contribution in [2.45, 2.75) is 6.42 Å². The third kappa shape index (κ3) is 3.02. The van der Waals surface area contributed by atoms with Crippen LogP contribution >= 0.6 is 0 Å². The molecule has 1 aromatic rings. The van der Waals surface area contributed by atoms with Crippen LogP contribution < -0.4 is 4.74 Å². The first-order valence-electron chi connectivity index (χ1n) is 4.49. The highest BCUT2D eigenvalue weighted by Crippen LogP contribution is 2.18. The Morgan fingerprint density at radius 1 is 1.47 bits per heavy atom. The molecule has 3 nitrogen and oxygen atoms in total. The number of nitrogens with zero attached hydrogens (tertiary/aromatic N) is 1. The number of ether oxygens (including phenoxy) is 1. The van der Waals surface area contributed by atoms with E-state index in [-0.39, 0.29) is 6.61 Å². The molecular weight excluding hydrogens is 190 g/mol. The molecule has 0 aliphatic carbocycles. The van der Waals surface area contributed by atoms with Gasteiger partial charge in [0.2, 0.25) is 0 Å². The molecule has 0 saturated heterocycles. The van der Waals surface area contributed by atoms with Gasteiger partial charge in [0.25, 0.3) is 0 Å². The maximum absolute atomic E-state index is 8.83. The topological polar surface area (TPSA) is 53.2 Å². The fourth-order valence-corrected chi connectivity index (χ4v) is 1.09. The molecule has 1 aromatic carbocycles. The summed E-state index contributed by atoms with van der Waals surface area (Å²) in [5, 5.41) is 17.4. The van der Waals surface area contributed by atoms with Crippen molar-refractivity contribution < 1.29 is 9.84 Å². The highest BCUT2D eigenvalue weighted by Gasteiger charge is 2.01. The third-order valence-electron chi connectivity index (χ3n) is 1.79. The van der Waals surface area contributed by atoms with E-state index < -0.39 is 0 Å². The molecule has 0 aromatic heterocycles. The van der Waals surface area contributed by atoms with E-state index in [4.69, 9.17) is 15.1 Å². The maximum Gasteiger partial charge on any atom is 0.136 e. The Balaban J connectivity index is 2.96. The molecule has 0 heterocycles. The summed E-state index contributed by atoms with van der Waals surface area (Å²) in [6.07, 6.45) is 0.438. The third-order valence-corrected chi connectivity index (χ3v) is 1.79. The summed E-state index contributed by atoms with van der Waals surface area (Å²) in [7, 11) is 1.52. The molecule has 1 rings (SSSR count). The lowest BCUT2D eigenvalue weighted by molar-refractivity contribution is 0.305. The van der Waals surface area contributed by atoms with Crippen LogP contribution in [0.5, 0.6) is 5.75 Å². The predicted octanol–water partition coefficient (Wildman–Crippen LogP) is 1.30. The molecular formula is C12H11NO2. The number of hydrogen-bond donors (Lipinski definition) is 1. The van der Waals surface area contributed by atoms with Crippen molar-refractivity contribution in [3.63, 3.8) is 0 Å². The number of methoxy groups -OCH3 is 1. The summed E-state index contributed by atoms with van der Waals surface area (Å²) >= 11 is 0. The first-order chi connectivity index (χ1) is 7.31. The molecule has 0 atom stereocenters. The SMILES string of the molecule is COc1ccc(C#CCCO)cc1C#N. The van der Waals surface area contributed by atoms with Gasteiger partial charge in [-0.3, -0.25) is 0 Å². The molecule has 0 aliphatic rings. The number of nitriles is 1. The van der Waals surface area contributed by atoms with Crippen LogP contribution in [-0.4, -0.2) is 18.8 Å². The second-order valence-corrected chi connectivity index (χ2v) is 2.80. The molecule has 76 valence electrons. The van der Waals surface area contributed by atoms with Crippen molar-refractivity contribution in [3.8, 4) is 23.7 Å². The van der Waals surface area contributed by atoms with E-state index in [2.05, 4.69) is 11.8 Å². The molecule has 0 radical (unpaired) electrons. The Hall–Kier alpha value is -1.97. The predicted molar refractivity (Wildman–Crippen MR) is 56.3 cm³/mol. The highest BCUT2D eigenvalue weighted by molar-refractivity contribution is 5.49. The molecule has 3 heteroatoms. The second kappa shape index (κ2) is 5.70. The van der Waals surface area contributed by atoms with Gasteiger partial charge in [-0.1, -0.05) is 11.8 Å². The molecule has 0 fully saturated rings. The van der Waals surface area contributed by atoms with Crippen molar-refractivity contribution in [3.05, 3.63) is 29.3 Å². The van der Waals surface area contributed by atoms with Crippen LogP contribution in [0.1, 0.15) is 17.5 Å². The van der Waals surface area contributed by atoms with Crippen LogP contribution in [0.25, 0.3) is 0 Å². The van der Waals surface area contributed by atoms with Gasteiger partial charge in [-0.2, -0.15) is 5.26 Å². The van der Waals surface area contributed by atoms with E-state index in [1.165, 1.54) is 7.11 Å². The van der Waals surface area contributed by atoms with Gasteiger partial charge in [0.1, 0.15) is 11.8 Å². The van der Waals surface area contributed by atoms with Crippen LogP contribution in [-0.2, 0) is 0 Å². The van der Waals surface area contributed by atoms with Crippen LogP contribution in [0, 0.1) is 23.2 Å². The minimum atomic E-state index is 0.0499. The molecule has 1 N–H and O–H groups in total. The number of hydrogen-bond acceptors (Lipinski definition) is 3.